The third-order valence-electron chi connectivity index (χ3n) is 4.06. The summed E-state index contributed by atoms with van der Waals surface area (Å²) in [5, 5.41) is 0. The Balaban J connectivity index is 1.82. The van der Waals surface area contributed by atoms with Crippen molar-refractivity contribution in [3.8, 4) is 17.1 Å². The van der Waals surface area contributed by atoms with Crippen LogP contribution in [0.25, 0.3) is 11.4 Å². The first-order valence-electron chi connectivity index (χ1n) is 7.40. The lowest BCUT2D eigenvalue weighted by Gasteiger charge is -2.14. The number of aromatic nitrogens is 2. The third kappa shape index (κ3) is 1.94. The summed E-state index contributed by atoms with van der Waals surface area (Å²) in [6.07, 6.45) is 1.57. The van der Waals surface area contributed by atoms with Gasteiger partial charge in [0.1, 0.15) is 24.8 Å². The maximum absolute atomic E-state index is 11.9. The van der Waals surface area contributed by atoms with E-state index in [1.165, 1.54) is 0 Å². The van der Waals surface area contributed by atoms with E-state index in [2.05, 4.69) is 4.98 Å². The molecule has 1 aromatic carbocycles. The van der Waals surface area contributed by atoms with E-state index in [1.54, 1.807) is 4.90 Å². The molecule has 6 nitrogen and oxygen atoms in total. The number of hydrogen-bond donors (Lipinski definition) is 0. The van der Waals surface area contributed by atoms with Gasteiger partial charge in [0, 0.05) is 6.20 Å². The quantitative estimate of drug-likeness (QED) is 0.812. The molecule has 0 spiro atoms. The van der Waals surface area contributed by atoms with Gasteiger partial charge in [-0.05, 0) is 31.5 Å². The molecule has 4 rings (SSSR count). The molecule has 0 bridgehead atoms. The molecule has 0 radical (unpaired) electrons. The molecule has 0 saturated carbocycles. The molecule has 3 heterocycles. The number of hydrogen-bond acceptors (Lipinski definition) is 4. The third-order valence-corrected chi connectivity index (χ3v) is 4.06. The van der Waals surface area contributed by atoms with Crippen molar-refractivity contribution in [3.63, 3.8) is 0 Å². The van der Waals surface area contributed by atoms with Crippen molar-refractivity contribution >= 4 is 11.9 Å². The van der Waals surface area contributed by atoms with Gasteiger partial charge in [-0.3, -0.25) is 4.90 Å². The zero-order chi connectivity index (χ0) is 15.3. The molecule has 1 aromatic heterocycles. The number of rotatable bonds is 1. The Hall–Kier alpha value is -2.50. The van der Waals surface area contributed by atoms with Gasteiger partial charge in [0.05, 0.1) is 18.2 Å². The van der Waals surface area contributed by atoms with Crippen LogP contribution < -0.4 is 9.64 Å². The molecule has 2 aromatic rings. The lowest BCUT2D eigenvalue weighted by atomic mass is 10.1. The second-order valence-electron chi connectivity index (χ2n) is 5.76. The molecule has 2 aliphatic rings. The number of anilines is 1. The number of cyclic esters (lactones) is 1. The predicted octanol–water partition coefficient (Wildman–Crippen LogP) is 2.60. The zero-order valence-corrected chi connectivity index (χ0v) is 12.6. The van der Waals surface area contributed by atoms with E-state index in [0.717, 1.165) is 22.7 Å². The summed E-state index contributed by atoms with van der Waals surface area (Å²) in [5.41, 5.74) is 2.10. The highest BCUT2D eigenvalue weighted by molar-refractivity contribution is 5.89. The van der Waals surface area contributed by atoms with Crippen LogP contribution in [0.1, 0.15) is 12.5 Å². The van der Waals surface area contributed by atoms with E-state index in [-0.39, 0.29) is 12.1 Å². The number of aryl methyl sites for hydroxylation is 1. The van der Waals surface area contributed by atoms with Crippen LogP contribution in [0, 0.1) is 6.92 Å². The van der Waals surface area contributed by atoms with Gasteiger partial charge in [0.2, 0.25) is 0 Å². The molecule has 0 aliphatic carbocycles. The molecule has 1 saturated heterocycles. The van der Waals surface area contributed by atoms with Crippen LogP contribution in [-0.2, 0) is 11.3 Å². The van der Waals surface area contributed by atoms with E-state index in [1.807, 2.05) is 42.8 Å². The Kier molecular flexibility index (Phi) is 2.85. The van der Waals surface area contributed by atoms with Crippen LogP contribution in [-0.4, -0.2) is 34.9 Å². The Bertz CT molecular complexity index is 753. The van der Waals surface area contributed by atoms with Crippen LogP contribution in [0.4, 0.5) is 10.6 Å². The van der Waals surface area contributed by atoms with Crippen molar-refractivity contribution in [1.82, 2.24) is 9.55 Å². The van der Waals surface area contributed by atoms with Gasteiger partial charge in [-0.1, -0.05) is 6.07 Å². The smallest absolute Gasteiger partial charge is 0.415 e. The standard InChI is InChI=1S/C16H17N3O3/c1-10-3-4-12-13(7-10)21-6-5-18-8-14(17-15(12)18)19-11(2)9-22-16(19)20/h3-4,7-8,11H,5-6,9H2,1-2H3. The Labute approximate surface area is 128 Å². The summed E-state index contributed by atoms with van der Waals surface area (Å²) in [6.45, 7) is 5.68. The first-order valence-corrected chi connectivity index (χ1v) is 7.40. The van der Waals surface area contributed by atoms with E-state index in [4.69, 9.17) is 9.47 Å². The molecular formula is C16H17N3O3. The number of fused-ring (bicyclic) bond motifs is 3. The van der Waals surface area contributed by atoms with Gasteiger partial charge < -0.3 is 14.0 Å². The molecule has 1 amide bonds. The van der Waals surface area contributed by atoms with Crippen LogP contribution >= 0.6 is 0 Å². The number of amides is 1. The Morgan fingerprint density at radius 3 is 2.95 bits per heavy atom. The first kappa shape index (κ1) is 13.2. The SMILES string of the molecule is Cc1ccc2c(c1)OCCn1cc(N3C(=O)OCC3C)nc1-2. The molecule has 2 aliphatic heterocycles. The average molecular weight is 299 g/mol. The van der Waals surface area contributed by atoms with Crippen LogP contribution in [0.2, 0.25) is 0 Å². The van der Waals surface area contributed by atoms with Crippen molar-refractivity contribution in [1.29, 1.82) is 0 Å². The zero-order valence-electron chi connectivity index (χ0n) is 12.6. The van der Waals surface area contributed by atoms with Crippen molar-refractivity contribution in [2.45, 2.75) is 26.4 Å². The van der Waals surface area contributed by atoms with Gasteiger partial charge in [-0.15, -0.1) is 0 Å². The van der Waals surface area contributed by atoms with Gasteiger partial charge in [-0.25, -0.2) is 9.78 Å². The number of ether oxygens (including phenoxy) is 2. The van der Waals surface area contributed by atoms with Crippen LogP contribution in [0.3, 0.4) is 0 Å². The topological polar surface area (TPSA) is 56.6 Å². The van der Waals surface area contributed by atoms with E-state index in [0.29, 0.717) is 25.6 Å². The average Bonchev–Trinajstić information content (AvgIpc) is 2.98. The highest BCUT2D eigenvalue weighted by Gasteiger charge is 2.33. The highest BCUT2D eigenvalue weighted by atomic mass is 16.6. The van der Waals surface area contributed by atoms with E-state index < -0.39 is 0 Å². The van der Waals surface area contributed by atoms with Gasteiger partial charge in [-0.2, -0.15) is 0 Å². The summed E-state index contributed by atoms with van der Waals surface area (Å²) in [7, 11) is 0. The van der Waals surface area contributed by atoms with Gasteiger partial charge in [0.25, 0.3) is 0 Å². The number of nitrogens with zero attached hydrogens (tertiary/aromatic N) is 3. The maximum atomic E-state index is 11.9. The predicted molar refractivity (Wildman–Crippen MR) is 81.2 cm³/mol. The highest BCUT2D eigenvalue weighted by Crippen LogP contribution is 2.35. The minimum absolute atomic E-state index is 0.000351. The summed E-state index contributed by atoms with van der Waals surface area (Å²) in [4.78, 5) is 18.2. The van der Waals surface area contributed by atoms with Gasteiger partial charge in [0.15, 0.2) is 5.82 Å². The fraction of sp³-hybridized carbons (Fsp3) is 0.375. The molecule has 0 N–H and O–H groups in total. The normalized spacial score (nSPS) is 20.0. The lowest BCUT2D eigenvalue weighted by Crippen LogP contribution is -2.31. The van der Waals surface area contributed by atoms with Gasteiger partial charge >= 0.3 is 6.09 Å². The van der Waals surface area contributed by atoms with Crippen molar-refractivity contribution in [3.05, 3.63) is 30.0 Å². The fourth-order valence-electron chi connectivity index (χ4n) is 2.93. The number of imidazole rings is 1. The Morgan fingerprint density at radius 2 is 2.18 bits per heavy atom. The molecule has 1 atom stereocenters. The summed E-state index contributed by atoms with van der Waals surface area (Å²) in [6, 6.07) is 6.08. The second-order valence-corrected chi connectivity index (χ2v) is 5.76. The minimum atomic E-state index is -0.332. The fourth-order valence-corrected chi connectivity index (χ4v) is 2.93. The van der Waals surface area contributed by atoms with Crippen LogP contribution in [0.15, 0.2) is 24.4 Å². The Morgan fingerprint density at radius 1 is 1.32 bits per heavy atom. The minimum Gasteiger partial charge on any atom is -0.491 e. The van der Waals surface area contributed by atoms with Crippen molar-refractivity contribution < 1.29 is 14.3 Å². The summed E-state index contributed by atoms with van der Waals surface area (Å²) >= 11 is 0. The second kappa shape index (κ2) is 4.76. The van der Waals surface area contributed by atoms with E-state index >= 15 is 0 Å². The molecule has 1 fully saturated rings. The maximum Gasteiger partial charge on any atom is 0.415 e. The van der Waals surface area contributed by atoms with Crippen molar-refractivity contribution in [2.24, 2.45) is 0 Å². The number of benzene rings is 1. The summed E-state index contributed by atoms with van der Waals surface area (Å²) in [5.74, 6) is 2.31. The van der Waals surface area contributed by atoms with Crippen molar-refractivity contribution in [2.75, 3.05) is 18.1 Å². The summed E-state index contributed by atoms with van der Waals surface area (Å²) < 4.78 is 12.9. The molecule has 114 valence electrons. The first-order chi connectivity index (χ1) is 10.6. The number of carbonyl (C=O) groups is 1. The lowest BCUT2D eigenvalue weighted by molar-refractivity contribution is 0.179. The largest absolute Gasteiger partial charge is 0.491 e. The monoisotopic (exact) mass is 299 g/mol. The number of carbonyl (C=O) groups excluding carboxylic acids is 1. The van der Waals surface area contributed by atoms with Crippen LogP contribution in [0.5, 0.6) is 5.75 Å². The molecule has 22 heavy (non-hydrogen) atoms. The molecule has 1 unspecified atom stereocenters. The molecular weight excluding hydrogens is 282 g/mol. The molecule has 6 heteroatoms. The van der Waals surface area contributed by atoms with E-state index in [9.17, 15) is 4.79 Å².